The minimum atomic E-state index is 0.415. The lowest BCUT2D eigenvalue weighted by atomic mass is 10.2. The summed E-state index contributed by atoms with van der Waals surface area (Å²) in [5.74, 6) is 0. The molecule has 1 heterocycles. The number of nitrogens with two attached hydrogens (primary N) is 1. The Hall–Kier alpha value is -0.350. The van der Waals surface area contributed by atoms with E-state index in [0.717, 1.165) is 13.1 Å². The molecule has 0 aliphatic carbocycles. The molecule has 0 aromatic rings. The Kier molecular flexibility index (Phi) is 3.75. The smallest absolute Gasteiger partial charge is 0.163 e. The molecule has 12 heavy (non-hydrogen) atoms. The number of hydrogen-bond donors (Lipinski definition) is 2. The second-order valence-electron chi connectivity index (χ2n) is 3.17. The van der Waals surface area contributed by atoms with Crippen LogP contribution in [0.1, 0.15) is 19.8 Å². The van der Waals surface area contributed by atoms with Gasteiger partial charge in [-0.15, -0.1) is 0 Å². The van der Waals surface area contributed by atoms with Crippen molar-refractivity contribution >= 4 is 17.3 Å². The number of thiocarbonyl (C=S) groups is 1. The van der Waals surface area contributed by atoms with E-state index in [1.54, 1.807) is 0 Å². The molecular formula is C8H17N3S. The number of likely N-dealkylation sites (N-methyl/N-ethyl adjacent to an activating group) is 1. The first-order valence-corrected chi connectivity index (χ1v) is 4.92. The third-order valence-electron chi connectivity index (χ3n) is 2.42. The van der Waals surface area contributed by atoms with Gasteiger partial charge in [0.1, 0.15) is 0 Å². The van der Waals surface area contributed by atoms with Crippen LogP contribution in [0.5, 0.6) is 0 Å². The third-order valence-corrected chi connectivity index (χ3v) is 2.56. The van der Waals surface area contributed by atoms with Gasteiger partial charge in [-0.3, -0.25) is 4.90 Å². The molecule has 1 fully saturated rings. The number of hydrogen-bond acceptors (Lipinski definition) is 2. The van der Waals surface area contributed by atoms with Gasteiger partial charge in [0.15, 0.2) is 5.11 Å². The topological polar surface area (TPSA) is 41.3 Å². The van der Waals surface area contributed by atoms with Crippen molar-refractivity contribution in [1.29, 1.82) is 0 Å². The summed E-state index contributed by atoms with van der Waals surface area (Å²) in [5.41, 5.74) is 5.36. The quantitative estimate of drug-likeness (QED) is 0.624. The summed E-state index contributed by atoms with van der Waals surface area (Å²) in [4.78, 5) is 2.46. The van der Waals surface area contributed by atoms with Crippen molar-refractivity contribution in [2.45, 2.75) is 25.8 Å². The van der Waals surface area contributed by atoms with Gasteiger partial charge in [-0.2, -0.15) is 0 Å². The lowest BCUT2D eigenvalue weighted by Crippen LogP contribution is -2.41. The average molecular weight is 187 g/mol. The maximum atomic E-state index is 5.36. The van der Waals surface area contributed by atoms with E-state index in [1.807, 2.05) is 0 Å². The average Bonchev–Trinajstić information content (AvgIpc) is 2.47. The zero-order valence-corrected chi connectivity index (χ0v) is 8.36. The molecule has 1 aliphatic heterocycles. The van der Waals surface area contributed by atoms with E-state index in [1.165, 1.54) is 19.4 Å². The van der Waals surface area contributed by atoms with Crippen molar-refractivity contribution < 1.29 is 0 Å². The highest BCUT2D eigenvalue weighted by molar-refractivity contribution is 7.80. The van der Waals surface area contributed by atoms with Crippen LogP contribution in [0, 0.1) is 0 Å². The van der Waals surface area contributed by atoms with Crippen LogP contribution in [0.3, 0.4) is 0 Å². The number of likely N-dealkylation sites (tertiary alicyclic amines) is 1. The number of rotatable bonds is 3. The summed E-state index contributed by atoms with van der Waals surface area (Å²) < 4.78 is 0. The van der Waals surface area contributed by atoms with Crippen LogP contribution in [-0.4, -0.2) is 35.7 Å². The fourth-order valence-electron chi connectivity index (χ4n) is 1.76. The van der Waals surface area contributed by atoms with Crippen LogP contribution in [0.2, 0.25) is 0 Å². The first-order chi connectivity index (χ1) is 5.74. The van der Waals surface area contributed by atoms with Crippen LogP contribution in [-0.2, 0) is 0 Å². The molecule has 70 valence electrons. The Morgan fingerprint density at radius 2 is 2.50 bits per heavy atom. The Morgan fingerprint density at radius 1 is 1.75 bits per heavy atom. The molecule has 4 heteroatoms. The highest BCUT2D eigenvalue weighted by Gasteiger charge is 2.22. The fourth-order valence-corrected chi connectivity index (χ4v) is 1.84. The summed E-state index contributed by atoms with van der Waals surface area (Å²) in [7, 11) is 0. The van der Waals surface area contributed by atoms with Crippen LogP contribution in [0.25, 0.3) is 0 Å². The molecular weight excluding hydrogens is 170 g/mol. The molecule has 1 unspecified atom stereocenters. The second kappa shape index (κ2) is 4.62. The predicted octanol–water partition coefficient (Wildman–Crippen LogP) is 0.304. The van der Waals surface area contributed by atoms with E-state index in [0.29, 0.717) is 11.2 Å². The van der Waals surface area contributed by atoms with E-state index in [9.17, 15) is 0 Å². The summed E-state index contributed by atoms with van der Waals surface area (Å²) in [5, 5.41) is 3.43. The lowest BCUT2D eigenvalue weighted by molar-refractivity contribution is 0.267. The van der Waals surface area contributed by atoms with Crippen molar-refractivity contribution in [2.24, 2.45) is 5.73 Å². The monoisotopic (exact) mass is 187 g/mol. The SMILES string of the molecule is CCN1CCCC1CNC(N)=S. The van der Waals surface area contributed by atoms with E-state index < -0.39 is 0 Å². The van der Waals surface area contributed by atoms with Crippen LogP contribution in [0.15, 0.2) is 0 Å². The Balaban J connectivity index is 2.26. The first-order valence-electron chi connectivity index (χ1n) is 4.51. The maximum absolute atomic E-state index is 5.36. The standard InChI is InChI=1S/C8H17N3S/c1-2-11-5-3-4-7(11)6-10-8(9)12/h7H,2-6H2,1H3,(H3,9,10,12). The van der Waals surface area contributed by atoms with Crippen molar-refractivity contribution in [3.8, 4) is 0 Å². The highest BCUT2D eigenvalue weighted by Crippen LogP contribution is 2.15. The van der Waals surface area contributed by atoms with Gasteiger partial charge in [0.05, 0.1) is 0 Å². The molecule has 0 spiro atoms. The predicted molar refractivity (Wildman–Crippen MR) is 55.1 cm³/mol. The molecule has 0 saturated carbocycles. The van der Waals surface area contributed by atoms with Crippen molar-refractivity contribution in [1.82, 2.24) is 10.2 Å². The molecule has 1 saturated heterocycles. The normalized spacial score (nSPS) is 24.2. The van der Waals surface area contributed by atoms with Gasteiger partial charge >= 0.3 is 0 Å². The van der Waals surface area contributed by atoms with Crippen LogP contribution in [0.4, 0.5) is 0 Å². The Labute approximate surface area is 79.3 Å². The molecule has 1 atom stereocenters. The van der Waals surface area contributed by atoms with Gasteiger partial charge < -0.3 is 11.1 Å². The third kappa shape index (κ3) is 2.60. The zero-order chi connectivity index (χ0) is 8.97. The Morgan fingerprint density at radius 3 is 3.08 bits per heavy atom. The van der Waals surface area contributed by atoms with Crippen molar-refractivity contribution in [2.75, 3.05) is 19.6 Å². The molecule has 0 bridgehead atoms. The largest absolute Gasteiger partial charge is 0.376 e. The minimum absolute atomic E-state index is 0.415. The summed E-state index contributed by atoms with van der Waals surface area (Å²) >= 11 is 4.75. The van der Waals surface area contributed by atoms with E-state index in [4.69, 9.17) is 18.0 Å². The van der Waals surface area contributed by atoms with E-state index in [-0.39, 0.29) is 0 Å². The molecule has 0 radical (unpaired) electrons. The molecule has 0 amide bonds. The number of nitrogens with zero attached hydrogens (tertiary/aromatic N) is 1. The minimum Gasteiger partial charge on any atom is -0.376 e. The molecule has 1 rings (SSSR count). The first kappa shape index (κ1) is 9.74. The van der Waals surface area contributed by atoms with Gasteiger partial charge in [0, 0.05) is 12.6 Å². The molecule has 3 nitrogen and oxygen atoms in total. The van der Waals surface area contributed by atoms with Crippen molar-refractivity contribution in [3.05, 3.63) is 0 Å². The van der Waals surface area contributed by atoms with Crippen LogP contribution < -0.4 is 11.1 Å². The van der Waals surface area contributed by atoms with Crippen LogP contribution >= 0.6 is 12.2 Å². The Bertz CT molecular complexity index is 160. The van der Waals surface area contributed by atoms with E-state index >= 15 is 0 Å². The van der Waals surface area contributed by atoms with Gasteiger partial charge in [-0.1, -0.05) is 6.92 Å². The molecule has 0 aromatic heterocycles. The second-order valence-corrected chi connectivity index (χ2v) is 3.61. The lowest BCUT2D eigenvalue weighted by Gasteiger charge is -2.22. The van der Waals surface area contributed by atoms with Gasteiger partial charge in [0.25, 0.3) is 0 Å². The maximum Gasteiger partial charge on any atom is 0.163 e. The summed E-state index contributed by atoms with van der Waals surface area (Å²) in [6, 6.07) is 0.636. The molecule has 3 N–H and O–H groups in total. The fraction of sp³-hybridized carbons (Fsp3) is 0.875. The summed E-state index contributed by atoms with van der Waals surface area (Å²) in [6.07, 6.45) is 2.57. The molecule has 1 aliphatic rings. The molecule has 0 aromatic carbocycles. The highest BCUT2D eigenvalue weighted by atomic mass is 32.1. The number of nitrogens with one attached hydrogen (secondary N) is 1. The van der Waals surface area contributed by atoms with Crippen molar-refractivity contribution in [3.63, 3.8) is 0 Å². The summed E-state index contributed by atoms with van der Waals surface area (Å²) in [6.45, 7) is 5.45. The van der Waals surface area contributed by atoms with Gasteiger partial charge in [-0.05, 0) is 38.1 Å². The zero-order valence-electron chi connectivity index (χ0n) is 7.55. The van der Waals surface area contributed by atoms with E-state index in [2.05, 4.69) is 17.1 Å². The van der Waals surface area contributed by atoms with Gasteiger partial charge in [0.2, 0.25) is 0 Å². The van der Waals surface area contributed by atoms with Gasteiger partial charge in [-0.25, -0.2) is 0 Å².